The Morgan fingerprint density at radius 3 is 2.54 bits per heavy atom. The number of aromatic nitrogens is 1. The number of methoxy groups -OCH3 is 1. The number of anilines is 1. The number of carbonyl (C=O) groups excluding carboxylic acids is 2. The molecule has 1 fully saturated rings. The maximum Gasteiger partial charge on any atom is 0.414 e. The lowest BCUT2D eigenvalue weighted by atomic mass is 10.0. The number of cyclic esters (lactones) is 1. The Labute approximate surface area is 203 Å². The van der Waals surface area contributed by atoms with Gasteiger partial charge in [-0.1, -0.05) is 30.3 Å². The fourth-order valence-electron chi connectivity index (χ4n) is 3.79. The summed E-state index contributed by atoms with van der Waals surface area (Å²) in [4.78, 5) is 28.8. The zero-order valence-electron chi connectivity index (χ0n) is 19.6. The van der Waals surface area contributed by atoms with E-state index in [1.165, 1.54) is 17.9 Å². The number of halogens is 1. The van der Waals surface area contributed by atoms with Gasteiger partial charge in [0.25, 0.3) is 0 Å². The van der Waals surface area contributed by atoms with Crippen LogP contribution in [0, 0.1) is 5.82 Å². The third-order valence-electron chi connectivity index (χ3n) is 5.65. The molecule has 35 heavy (non-hydrogen) atoms. The largest absolute Gasteiger partial charge is 0.481 e. The highest BCUT2D eigenvalue weighted by Crippen LogP contribution is 2.29. The van der Waals surface area contributed by atoms with Crippen LogP contribution in [0.5, 0.6) is 5.88 Å². The van der Waals surface area contributed by atoms with Crippen molar-refractivity contribution in [1.82, 2.24) is 15.6 Å². The Morgan fingerprint density at radius 2 is 1.89 bits per heavy atom. The van der Waals surface area contributed by atoms with Crippen LogP contribution in [0.25, 0.3) is 11.1 Å². The van der Waals surface area contributed by atoms with Crippen LogP contribution in [0.1, 0.15) is 18.1 Å². The van der Waals surface area contributed by atoms with Crippen LogP contribution in [-0.4, -0.2) is 43.3 Å². The maximum atomic E-state index is 14.9. The lowest BCUT2D eigenvalue weighted by Crippen LogP contribution is -2.33. The van der Waals surface area contributed by atoms with Gasteiger partial charge >= 0.3 is 6.09 Å². The van der Waals surface area contributed by atoms with E-state index in [0.29, 0.717) is 30.2 Å². The van der Waals surface area contributed by atoms with Crippen molar-refractivity contribution in [1.29, 1.82) is 0 Å². The summed E-state index contributed by atoms with van der Waals surface area (Å²) in [5.41, 5.74) is 3.71. The first-order valence-corrected chi connectivity index (χ1v) is 11.2. The molecule has 8 nitrogen and oxygen atoms in total. The predicted octanol–water partition coefficient (Wildman–Crippen LogP) is 3.65. The summed E-state index contributed by atoms with van der Waals surface area (Å²) in [5, 5.41) is 5.98. The van der Waals surface area contributed by atoms with Gasteiger partial charge in [-0.15, -0.1) is 0 Å². The molecule has 3 aromatic rings. The molecule has 2 amide bonds. The molecule has 2 heterocycles. The zero-order valence-corrected chi connectivity index (χ0v) is 19.6. The number of pyridine rings is 1. The lowest BCUT2D eigenvalue weighted by molar-refractivity contribution is -0.119. The van der Waals surface area contributed by atoms with E-state index in [9.17, 15) is 14.0 Å². The number of rotatable bonds is 9. The molecule has 0 unspecified atom stereocenters. The van der Waals surface area contributed by atoms with Gasteiger partial charge in [0.15, 0.2) is 0 Å². The topological polar surface area (TPSA) is 92.8 Å². The quantitative estimate of drug-likeness (QED) is 0.488. The summed E-state index contributed by atoms with van der Waals surface area (Å²) >= 11 is 0. The molecule has 0 aliphatic carbocycles. The van der Waals surface area contributed by atoms with Gasteiger partial charge in [-0.3, -0.25) is 9.69 Å². The Hall–Kier alpha value is -3.98. The first-order valence-electron chi connectivity index (χ1n) is 11.2. The summed E-state index contributed by atoms with van der Waals surface area (Å²) in [6, 6.07) is 16.1. The first-order chi connectivity index (χ1) is 16.9. The fourth-order valence-corrected chi connectivity index (χ4v) is 3.79. The monoisotopic (exact) mass is 478 g/mol. The Balaban J connectivity index is 1.35. The molecule has 1 atom stereocenters. The van der Waals surface area contributed by atoms with E-state index in [2.05, 4.69) is 15.6 Å². The number of benzene rings is 2. The summed E-state index contributed by atoms with van der Waals surface area (Å²) in [6.07, 6.45) is 0.734. The fraction of sp³-hybridized carbons (Fsp3) is 0.269. The van der Waals surface area contributed by atoms with E-state index >= 15 is 0 Å². The predicted molar refractivity (Wildman–Crippen MR) is 129 cm³/mol. The van der Waals surface area contributed by atoms with Crippen LogP contribution < -0.4 is 20.3 Å². The van der Waals surface area contributed by atoms with Gasteiger partial charge < -0.3 is 20.1 Å². The molecule has 2 aromatic carbocycles. The Kier molecular flexibility index (Phi) is 7.57. The number of amides is 2. The number of ether oxygens (including phenoxy) is 2. The third-order valence-corrected chi connectivity index (χ3v) is 5.65. The van der Waals surface area contributed by atoms with Gasteiger partial charge in [0.05, 0.1) is 25.9 Å². The van der Waals surface area contributed by atoms with Crippen LogP contribution in [0.3, 0.4) is 0 Å². The van der Waals surface area contributed by atoms with Crippen molar-refractivity contribution >= 4 is 17.7 Å². The number of hydrogen-bond acceptors (Lipinski definition) is 6. The Bertz CT molecular complexity index is 1180. The van der Waals surface area contributed by atoms with Crippen LogP contribution >= 0.6 is 0 Å². The van der Waals surface area contributed by atoms with Crippen LogP contribution in [0.4, 0.5) is 14.9 Å². The molecule has 1 aliphatic heterocycles. The molecule has 1 aliphatic rings. The minimum Gasteiger partial charge on any atom is -0.481 e. The van der Waals surface area contributed by atoms with Gasteiger partial charge in [0.2, 0.25) is 11.8 Å². The molecule has 0 spiro atoms. The highest BCUT2D eigenvalue weighted by molar-refractivity contribution is 5.90. The van der Waals surface area contributed by atoms with Crippen molar-refractivity contribution < 1.29 is 23.5 Å². The average Bonchev–Trinajstić information content (AvgIpc) is 3.24. The highest BCUT2D eigenvalue weighted by atomic mass is 19.1. The molecule has 2 N–H and O–H groups in total. The van der Waals surface area contributed by atoms with Crippen molar-refractivity contribution in [2.45, 2.75) is 26.1 Å². The van der Waals surface area contributed by atoms with Crippen molar-refractivity contribution in [3.63, 3.8) is 0 Å². The molecule has 0 bridgehead atoms. The van der Waals surface area contributed by atoms with E-state index in [-0.39, 0.29) is 19.0 Å². The van der Waals surface area contributed by atoms with Gasteiger partial charge in [-0.05, 0) is 34.9 Å². The highest BCUT2D eigenvalue weighted by Gasteiger charge is 2.32. The van der Waals surface area contributed by atoms with Gasteiger partial charge in [-0.25, -0.2) is 14.2 Å². The second-order valence-electron chi connectivity index (χ2n) is 8.23. The van der Waals surface area contributed by atoms with Crippen LogP contribution in [0.15, 0.2) is 60.8 Å². The number of hydrogen-bond donors (Lipinski definition) is 2. The van der Waals surface area contributed by atoms with Gasteiger partial charge in [0.1, 0.15) is 11.9 Å². The number of carbonyl (C=O) groups is 2. The van der Waals surface area contributed by atoms with Gasteiger partial charge in [-0.2, -0.15) is 0 Å². The standard InChI is InChI=1S/C26H27FN4O4/c1-17(32)29-15-22-16-31(26(33)35-22)21-8-9-23(24(27)11-21)20-6-3-18(4-7-20)12-28-13-19-5-10-25(34-2)30-14-19/h3-11,14,22,28H,12-13,15-16H2,1-2H3,(H,29,32)/t22-/m0/s1. The van der Waals surface area contributed by atoms with Crippen molar-refractivity contribution in [2.75, 3.05) is 25.1 Å². The number of nitrogens with one attached hydrogen (secondary N) is 2. The molecule has 1 aromatic heterocycles. The summed E-state index contributed by atoms with van der Waals surface area (Å²) in [5.74, 6) is -0.0548. The summed E-state index contributed by atoms with van der Waals surface area (Å²) < 4.78 is 25.3. The molecule has 9 heteroatoms. The summed E-state index contributed by atoms with van der Waals surface area (Å²) in [6.45, 7) is 3.18. The van der Waals surface area contributed by atoms with E-state index < -0.39 is 18.0 Å². The van der Waals surface area contributed by atoms with Crippen molar-refractivity contribution in [2.24, 2.45) is 0 Å². The van der Waals surface area contributed by atoms with Crippen LogP contribution in [-0.2, 0) is 22.6 Å². The van der Waals surface area contributed by atoms with E-state index in [4.69, 9.17) is 9.47 Å². The van der Waals surface area contributed by atoms with E-state index in [1.807, 2.05) is 36.4 Å². The lowest BCUT2D eigenvalue weighted by Gasteiger charge is -2.15. The molecular formula is C26H27FN4O4. The van der Waals surface area contributed by atoms with Gasteiger partial charge in [0, 0.05) is 37.8 Å². The first kappa shape index (κ1) is 24.2. The molecule has 4 rings (SSSR count). The van der Waals surface area contributed by atoms with Crippen molar-refractivity contribution in [3.05, 3.63) is 77.7 Å². The van der Waals surface area contributed by atoms with E-state index in [0.717, 1.165) is 16.7 Å². The minimum atomic E-state index is -0.560. The zero-order chi connectivity index (χ0) is 24.8. The van der Waals surface area contributed by atoms with Crippen LogP contribution in [0.2, 0.25) is 0 Å². The van der Waals surface area contributed by atoms with Crippen molar-refractivity contribution in [3.8, 4) is 17.0 Å². The van der Waals surface area contributed by atoms with E-state index in [1.54, 1.807) is 25.4 Å². The summed E-state index contributed by atoms with van der Waals surface area (Å²) in [7, 11) is 1.58. The average molecular weight is 479 g/mol. The molecule has 0 radical (unpaired) electrons. The number of nitrogens with zero attached hydrogens (tertiary/aromatic N) is 2. The third kappa shape index (κ3) is 6.13. The Morgan fingerprint density at radius 1 is 1.14 bits per heavy atom. The maximum absolute atomic E-state index is 14.9. The molecule has 0 saturated carbocycles. The second kappa shape index (κ2) is 11.0. The minimum absolute atomic E-state index is 0.203. The SMILES string of the molecule is COc1ccc(CNCc2ccc(-c3ccc(N4C[C@H](CNC(C)=O)OC4=O)cc3F)cc2)cn1. The smallest absolute Gasteiger partial charge is 0.414 e. The normalized spacial score (nSPS) is 15.1. The molecule has 1 saturated heterocycles. The molecule has 182 valence electrons. The molecular weight excluding hydrogens is 451 g/mol. The second-order valence-corrected chi connectivity index (χ2v) is 8.23.